The van der Waals surface area contributed by atoms with Crippen molar-refractivity contribution >= 4 is 5.78 Å². The van der Waals surface area contributed by atoms with Gasteiger partial charge in [0.2, 0.25) is 0 Å². The van der Waals surface area contributed by atoms with Gasteiger partial charge < -0.3 is 10.1 Å². The zero-order valence-electron chi connectivity index (χ0n) is 16.2. The largest absolute Gasteiger partial charge is 0.489 e. The predicted octanol–water partition coefficient (Wildman–Crippen LogP) is 4.90. The summed E-state index contributed by atoms with van der Waals surface area (Å²) in [6.07, 6.45) is 2.18. The molecule has 0 fully saturated rings. The number of benzene rings is 2. The van der Waals surface area contributed by atoms with Crippen LogP contribution < -0.4 is 10.1 Å². The fourth-order valence-electron chi connectivity index (χ4n) is 3.97. The van der Waals surface area contributed by atoms with Crippen LogP contribution in [0.3, 0.4) is 0 Å². The molecule has 2 aliphatic rings. The quantitative estimate of drug-likeness (QED) is 0.810. The van der Waals surface area contributed by atoms with Crippen molar-refractivity contribution in [1.29, 1.82) is 5.26 Å². The fourth-order valence-corrected chi connectivity index (χ4v) is 3.97. The van der Waals surface area contributed by atoms with Crippen molar-refractivity contribution in [2.75, 3.05) is 0 Å². The Hall–Kier alpha value is -3.39. The van der Waals surface area contributed by atoms with Crippen molar-refractivity contribution in [3.05, 3.63) is 88.0 Å². The van der Waals surface area contributed by atoms with E-state index in [1.54, 1.807) is 12.1 Å². The van der Waals surface area contributed by atoms with Crippen LogP contribution >= 0.6 is 0 Å². The van der Waals surface area contributed by atoms with E-state index in [2.05, 4.69) is 11.4 Å². The summed E-state index contributed by atoms with van der Waals surface area (Å²) in [6, 6.07) is 16.0. The smallest absolute Gasteiger partial charge is 0.161 e. The highest BCUT2D eigenvalue weighted by Crippen LogP contribution is 2.42. The van der Waals surface area contributed by atoms with E-state index in [1.165, 1.54) is 12.1 Å². The van der Waals surface area contributed by atoms with Crippen LogP contribution in [0, 0.1) is 17.1 Å². The molecule has 29 heavy (non-hydrogen) atoms. The number of allylic oxidation sites excluding steroid dienone is 4. The normalized spacial score (nSPS) is 18.8. The third-order valence-corrected chi connectivity index (χ3v) is 5.43. The van der Waals surface area contributed by atoms with Crippen LogP contribution in [0.4, 0.5) is 4.39 Å². The highest BCUT2D eigenvalue weighted by Gasteiger charge is 2.35. The second-order valence-corrected chi connectivity index (χ2v) is 7.36. The molecule has 1 atom stereocenters. The minimum Gasteiger partial charge on any atom is -0.489 e. The number of carbonyl (C=O) groups excluding carboxylic acids is 1. The van der Waals surface area contributed by atoms with Crippen LogP contribution in [0.25, 0.3) is 0 Å². The number of halogens is 1. The van der Waals surface area contributed by atoms with Gasteiger partial charge in [0.1, 0.15) is 18.2 Å². The molecule has 2 aromatic carbocycles. The molecule has 1 N–H and O–H groups in total. The molecule has 146 valence electrons. The molecule has 1 heterocycles. The number of hydrogen-bond acceptors (Lipinski definition) is 4. The van der Waals surface area contributed by atoms with Gasteiger partial charge in [0.15, 0.2) is 5.78 Å². The summed E-state index contributed by atoms with van der Waals surface area (Å²) < 4.78 is 18.8. The molecule has 0 aromatic heterocycles. The molecule has 4 rings (SSSR count). The Balaban J connectivity index is 1.58. The van der Waals surface area contributed by atoms with E-state index in [9.17, 15) is 14.4 Å². The number of nitrogens with one attached hydrogen (secondary N) is 1. The highest BCUT2D eigenvalue weighted by molar-refractivity contribution is 5.99. The molecule has 1 aliphatic heterocycles. The Labute approximate surface area is 169 Å². The van der Waals surface area contributed by atoms with Crippen molar-refractivity contribution < 1.29 is 13.9 Å². The fraction of sp³-hybridized carbons (Fsp3) is 0.250. The third kappa shape index (κ3) is 3.79. The minimum absolute atomic E-state index is 0.112. The molecule has 0 radical (unpaired) electrons. The third-order valence-electron chi connectivity index (χ3n) is 5.43. The lowest BCUT2D eigenvalue weighted by atomic mass is 9.76. The molecule has 0 saturated carbocycles. The number of nitrogens with zero attached hydrogens (tertiary/aromatic N) is 1. The van der Waals surface area contributed by atoms with Gasteiger partial charge in [-0.05, 0) is 55.2 Å². The Morgan fingerprint density at radius 3 is 2.55 bits per heavy atom. The van der Waals surface area contributed by atoms with Crippen LogP contribution in [0.5, 0.6) is 5.75 Å². The SMILES string of the molecule is CC1=C(C#N)C(c2ccc(OCc3ccc(F)cc3)cc2)C2=C(CCCC2=O)N1. The predicted molar refractivity (Wildman–Crippen MR) is 107 cm³/mol. The molecule has 1 unspecified atom stereocenters. The maximum Gasteiger partial charge on any atom is 0.161 e. The van der Waals surface area contributed by atoms with Crippen LogP contribution in [0.15, 0.2) is 71.1 Å². The molecular weight excluding hydrogens is 367 g/mol. The average Bonchev–Trinajstić information content (AvgIpc) is 2.73. The van der Waals surface area contributed by atoms with Crippen molar-refractivity contribution in [1.82, 2.24) is 5.32 Å². The lowest BCUT2D eigenvalue weighted by Gasteiger charge is -2.32. The van der Waals surface area contributed by atoms with Crippen molar-refractivity contribution in [2.45, 2.75) is 38.7 Å². The Morgan fingerprint density at radius 1 is 1.14 bits per heavy atom. The van der Waals surface area contributed by atoms with Gasteiger partial charge in [-0.1, -0.05) is 24.3 Å². The average molecular weight is 388 g/mol. The van der Waals surface area contributed by atoms with Gasteiger partial charge in [-0.25, -0.2) is 4.39 Å². The summed E-state index contributed by atoms with van der Waals surface area (Å²) in [5, 5.41) is 13.0. The monoisotopic (exact) mass is 388 g/mol. The van der Waals surface area contributed by atoms with Crippen molar-refractivity contribution in [3.63, 3.8) is 0 Å². The van der Waals surface area contributed by atoms with Gasteiger partial charge in [0, 0.05) is 23.4 Å². The number of nitriles is 1. The molecule has 0 bridgehead atoms. The second-order valence-electron chi connectivity index (χ2n) is 7.36. The number of ketones is 1. The number of ether oxygens (including phenoxy) is 1. The van der Waals surface area contributed by atoms with Gasteiger partial charge >= 0.3 is 0 Å². The number of dihydropyridines is 1. The summed E-state index contributed by atoms with van der Waals surface area (Å²) >= 11 is 0. The lowest BCUT2D eigenvalue weighted by Crippen LogP contribution is -2.31. The molecule has 5 heteroatoms. The zero-order valence-corrected chi connectivity index (χ0v) is 16.2. The number of carbonyl (C=O) groups is 1. The summed E-state index contributed by atoms with van der Waals surface area (Å²) in [4.78, 5) is 12.6. The van der Waals surface area contributed by atoms with Gasteiger partial charge in [-0.3, -0.25) is 4.79 Å². The first kappa shape index (κ1) is 18.9. The maximum atomic E-state index is 13.0. The van der Waals surface area contributed by atoms with Gasteiger partial charge in [0.05, 0.1) is 17.6 Å². The van der Waals surface area contributed by atoms with Crippen LogP contribution in [-0.4, -0.2) is 5.78 Å². The molecule has 0 amide bonds. The highest BCUT2D eigenvalue weighted by atomic mass is 19.1. The summed E-state index contributed by atoms with van der Waals surface area (Å²) in [6.45, 7) is 2.22. The van der Waals surface area contributed by atoms with Gasteiger partial charge in [-0.2, -0.15) is 5.26 Å². The van der Waals surface area contributed by atoms with E-state index in [-0.39, 0.29) is 17.5 Å². The zero-order chi connectivity index (χ0) is 20.4. The molecule has 0 saturated heterocycles. The Bertz CT molecular complexity index is 1040. The number of Topliss-reactive ketones (excluding diaryl/α,β-unsaturated/α-hetero) is 1. The minimum atomic E-state index is -0.338. The Morgan fingerprint density at radius 2 is 1.86 bits per heavy atom. The van der Waals surface area contributed by atoms with Crippen LogP contribution in [-0.2, 0) is 11.4 Å². The van der Waals surface area contributed by atoms with Gasteiger partial charge in [-0.15, -0.1) is 0 Å². The van der Waals surface area contributed by atoms with E-state index in [0.717, 1.165) is 40.9 Å². The molecule has 0 spiro atoms. The van der Waals surface area contributed by atoms with E-state index in [1.807, 2.05) is 31.2 Å². The van der Waals surface area contributed by atoms with E-state index in [4.69, 9.17) is 4.74 Å². The summed E-state index contributed by atoms with van der Waals surface area (Å²) in [5.74, 6) is 0.175. The van der Waals surface area contributed by atoms with Crippen molar-refractivity contribution in [2.24, 2.45) is 0 Å². The first-order chi connectivity index (χ1) is 14.1. The summed E-state index contributed by atoms with van der Waals surface area (Å²) in [5.41, 5.74) is 4.83. The molecular formula is C24H21FN2O2. The van der Waals surface area contributed by atoms with E-state index in [0.29, 0.717) is 24.4 Å². The number of hydrogen-bond donors (Lipinski definition) is 1. The van der Waals surface area contributed by atoms with Crippen molar-refractivity contribution in [3.8, 4) is 11.8 Å². The molecule has 1 aliphatic carbocycles. The summed E-state index contributed by atoms with van der Waals surface area (Å²) in [7, 11) is 0. The second kappa shape index (κ2) is 7.92. The van der Waals surface area contributed by atoms with Gasteiger partial charge in [0.25, 0.3) is 0 Å². The van der Waals surface area contributed by atoms with Crippen LogP contribution in [0.2, 0.25) is 0 Å². The van der Waals surface area contributed by atoms with E-state index < -0.39 is 0 Å². The lowest BCUT2D eigenvalue weighted by molar-refractivity contribution is -0.116. The standard InChI is InChI=1S/C24H21FN2O2/c1-15-20(13-26)23(24-21(27-15)3-2-4-22(24)28)17-7-11-19(12-8-17)29-14-16-5-9-18(25)10-6-16/h5-12,23,27H,2-4,14H2,1H3. The Kier molecular flexibility index (Phi) is 5.18. The van der Waals surface area contributed by atoms with E-state index >= 15 is 0 Å². The number of rotatable bonds is 4. The first-order valence-corrected chi connectivity index (χ1v) is 9.68. The topological polar surface area (TPSA) is 62.1 Å². The first-order valence-electron chi connectivity index (χ1n) is 9.68. The van der Waals surface area contributed by atoms with Crippen LogP contribution in [0.1, 0.15) is 43.2 Å². The maximum absolute atomic E-state index is 13.0. The molecule has 4 nitrogen and oxygen atoms in total. The molecule has 2 aromatic rings.